The summed E-state index contributed by atoms with van der Waals surface area (Å²) in [4.78, 5) is 11.9. The molecular weight excluding hydrogens is 214 g/mol. The number of benzene rings is 1. The van der Waals surface area contributed by atoms with E-state index in [4.69, 9.17) is 10.5 Å². The molecule has 17 heavy (non-hydrogen) atoms. The Labute approximate surface area is 103 Å². The third-order valence-electron chi connectivity index (χ3n) is 2.64. The van der Waals surface area contributed by atoms with Crippen LogP contribution in [-0.4, -0.2) is 25.5 Å². The van der Waals surface area contributed by atoms with Gasteiger partial charge in [0.15, 0.2) is 5.78 Å². The van der Waals surface area contributed by atoms with Crippen molar-refractivity contribution in [3.63, 3.8) is 0 Å². The molecule has 0 bridgehead atoms. The lowest BCUT2D eigenvalue weighted by atomic mass is 10.0. The van der Waals surface area contributed by atoms with E-state index in [0.717, 1.165) is 18.4 Å². The van der Waals surface area contributed by atoms with Gasteiger partial charge in [0, 0.05) is 25.1 Å². The normalized spacial score (nSPS) is 12.4. The number of ether oxygens (including phenoxy) is 1. The lowest BCUT2D eigenvalue weighted by Crippen LogP contribution is -2.28. The number of carbonyl (C=O) groups is 1. The van der Waals surface area contributed by atoms with Gasteiger partial charge in [0.05, 0.1) is 6.61 Å². The van der Waals surface area contributed by atoms with Crippen LogP contribution in [0, 0.1) is 0 Å². The molecule has 0 amide bonds. The van der Waals surface area contributed by atoms with Crippen LogP contribution in [-0.2, 0) is 11.2 Å². The van der Waals surface area contributed by atoms with Gasteiger partial charge in [-0.2, -0.15) is 0 Å². The number of nitrogens with two attached hydrogens (primary N) is 1. The molecule has 0 saturated carbocycles. The van der Waals surface area contributed by atoms with Gasteiger partial charge in [-0.05, 0) is 12.0 Å². The fourth-order valence-corrected chi connectivity index (χ4v) is 1.77. The van der Waals surface area contributed by atoms with E-state index >= 15 is 0 Å². The molecule has 3 nitrogen and oxygen atoms in total. The Kier molecular flexibility index (Phi) is 5.87. The standard InChI is InChI=1S/C14H21NO2/c1-3-4-11-5-7-12(8-6-11)14(16)9-13(15)10-17-2/h5-8,13H,3-4,9-10,15H2,1-2H3. The van der Waals surface area contributed by atoms with Crippen LogP contribution in [0.3, 0.4) is 0 Å². The van der Waals surface area contributed by atoms with Crippen LogP contribution >= 0.6 is 0 Å². The summed E-state index contributed by atoms with van der Waals surface area (Å²) in [5.41, 5.74) is 7.76. The summed E-state index contributed by atoms with van der Waals surface area (Å²) in [6.45, 7) is 2.56. The van der Waals surface area contributed by atoms with Crippen LogP contribution in [0.25, 0.3) is 0 Å². The Hall–Kier alpha value is -1.19. The topological polar surface area (TPSA) is 52.3 Å². The van der Waals surface area contributed by atoms with Crippen LogP contribution in [0.1, 0.15) is 35.7 Å². The van der Waals surface area contributed by atoms with Crippen molar-refractivity contribution >= 4 is 5.78 Å². The summed E-state index contributed by atoms with van der Waals surface area (Å²) in [5, 5.41) is 0. The van der Waals surface area contributed by atoms with Gasteiger partial charge in [-0.3, -0.25) is 4.79 Å². The minimum atomic E-state index is -0.220. The molecule has 2 N–H and O–H groups in total. The molecule has 1 aromatic rings. The van der Waals surface area contributed by atoms with Gasteiger partial charge >= 0.3 is 0 Å². The van der Waals surface area contributed by atoms with E-state index in [1.165, 1.54) is 5.56 Å². The largest absolute Gasteiger partial charge is 0.383 e. The van der Waals surface area contributed by atoms with Crippen molar-refractivity contribution in [1.29, 1.82) is 0 Å². The smallest absolute Gasteiger partial charge is 0.164 e. The zero-order valence-corrected chi connectivity index (χ0v) is 10.6. The predicted octanol–water partition coefficient (Wildman–Crippen LogP) is 2.19. The van der Waals surface area contributed by atoms with E-state index in [9.17, 15) is 4.79 Å². The molecular formula is C14H21NO2. The number of ketones is 1. The van der Waals surface area contributed by atoms with Gasteiger partial charge < -0.3 is 10.5 Å². The van der Waals surface area contributed by atoms with Gasteiger partial charge in [-0.1, -0.05) is 37.6 Å². The average Bonchev–Trinajstić information content (AvgIpc) is 2.30. The zero-order valence-electron chi connectivity index (χ0n) is 10.6. The molecule has 0 aliphatic rings. The van der Waals surface area contributed by atoms with Gasteiger partial charge in [0.2, 0.25) is 0 Å². The van der Waals surface area contributed by atoms with Crippen molar-refractivity contribution in [3.05, 3.63) is 35.4 Å². The van der Waals surface area contributed by atoms with Gasteiger partial charge in [0.1, 0.15) is 0 Å². The molecule has 0 radical (unpaired) electrons. The Bertz CT molecular complexity index is 346. The molecule has 0 aliphatic heterocycles. The van der Waals surface area contributed by atoms with Crippen LogP contribution < -0.4 is 5.73 Å². The van der Waals surface area contributed by atoms with Gasteiger partial charge in [-0.15, -0.1) is 0 Å². The first-order chi connectivity index (χ1) is 8.17. The molecule has 0 spiro atoms. The summed E-state index contributed by atoms with van der Waals surface area (Å²) in [6, 6.07) is 7.57. The van der Waals surface area contributed by atoms with Gasteiger partial charge in [-0.25, -0.2) is 0 Å². The maximum absolute atomic E-state index is 11.9. The number of hydrogen-bond donors (Lipinski definition) is 1. The first kappa shape index (κ1) is 13.9. The number of hydrogen-bond acceptors (Lipinski definition) is 3. The highest BCUT2D eigenvalue weighted by molar-refractivity contribution is 5.96. The predicted molar refractivity (Wildman–Crippen MR) is 69.2 cm³/mol. The Morgan fingerprint density at radius 2 is 2.00 bits per heavy atom. The molecule has 94 valence electrons. The van der Waals surface area contributed by atoms with Crippen molar-refractivity contribution in [2.45, 2.75) is 32.2 Å². The molecule has 0 aromatic heterocycles. The number of methoxy groups -OCH3 is 1. The van der Waals surface area contributed by atoms with Gasteiger partial charge in [0.25, 0.3) is 0 Å². The second-order valence-corrected chi connectivity index (χ2v) is 4.29. The zero-order chi connectivity index (χ0) is 12.7. The summed E-state index contributed by atoms with van der Waals surface area (Å²) in [5.74, 6) is 0.0811. The van der Waals surface area contributed by atoms with Crippen molar-refractivity contribution in [2.24, 2.45) is 5.73 Å². The van der Waals surface area contributed by atoms with Crippen LogP contribution in [0.5, 0.6) is 0 Å². The summed E-state index contributed by atoms with van der Waals surface area (Å²) in [6.07, 6.45) is 2.50. The summed E-state index contributed by atoms with van der Waals surface area (Å²) < 4.78 is 4.91. The van der Waals surface area contributed by atoms with Crippen molar-refractivity contribution in [1.82, 2.24) is 0 Å². The van der Waals surface area contributed by atoms with Crippen molar-refractivity contribution in [2.75, 3.05) is 13.7 Å². The van der Waals surface area contributed by atoms with E-state index < -0.39 is 0 Å². The summed E-state index contributed by atoms with van der Waals surface area (Å²) in [7, 11) is 1.59. The molecule has 0 heterocycles. The van der Waals surface area contributed by atoms with E-state index in [0.29, 0.717) is 13.0 Å². The molecule has 0 aliphatic carbocycles. The molecule has 1 unspecified atom stereocenters. The minimum Gasteiger partial charge on any atom is -0.383 e. The minimum absolute atomic E-state index is 0.0811. The van der Waals surface area contributed by atoms with E-state index in [-0.39, 0.29) is 11.8 Å². The first-order valence-electron chi connectivity index (χ1n) is 6.04. The highest BCUT2D eigenvalue weighted by Crippen LogP contribution is 2.09. The average molecular weight is 235 g/mol. The number of rotatable bonds is 7. The third-order valence-corrected chi connectivity index (χ3v) is 2.64. The summed E-state index contributed by atoms with van der Waals surface area (Å²) >= 11 is 0. The highest BCUT2D eigenvalue weighted by Gasteiger charge is 2.11. The number of carbonyl (C=O) groups excluding carboxylic acids is 1. The number of Topliss-reactive ketones (excluding diaryl/α,β-unsaturated/α-hetero) is 1. The Morgan fingerprint density at radius 3 is 2.53 bits per heavy atom. The molecule has 3 heteroatoms. The molecule has 1 aromatic carbocycles. The molecule has 0 saturated heterocycles. The molecule has 1 atom stereocenters. The van der Waals surface area contributed by atoms with Crippen LogP contribution in [0.15, 0.2) is 24.3 Å². The Balaban J connectivity index is 2.57. The third kappa shape index (κ3) is 4.67. The number of aryl methyl sites for hydroxylation is 1. The van der Waals surface area contributed by atoms with E-state index in [2.05, 4.69) is 6.92 Å². The Morgan fingerprint density at radius 1 is 1.35 bits per heavy atom. The fourth-order valence-electron chi connectivity index (χ4n) is 1.77. The maximum Gasteiger partial charge on any atom is 0.164 e. The quantitative estimate of drug-likeness (QED) is 0.737. The van der Waals surface area contributed by atoms with Crippen LogP contribution in [0.4, 0.5) is 0 Å². The van der Waals surface area contributed by atoms with E-state index in [1.807, 2.05) is 24.3 Å². The highest BCUT2D eigenvalue weighted by atomic mass is 16.5. The fraction of sp³-hybridized carbons (Fsp3) is 0.500. The van der Waals surface area contributed by atoms with E-state index in [1.54, 1.807) is 7.11 Å². The van der Waals surface area contributed by atoms with Crippen LogP contribution in [0.2, 0.25) is 0 Å². The second kappa shape index (κ2) is 7.20. The first-order valence-corrected chi connectivity index (χ1v) is 6.04. The second-order valence-electron chi connectivity index (χ2n) is 4.29. The molecule has 1 rings (SSSR count). The lowest BCUT2D eigenvalue weighted by Gasteiger charge is -2.09. The maximum atomic E-state index is 11.9. The molecule has 0 fully saturated rings. The van der Waals surface area contributed by atoms with Crippen molar-refractivity contribution in [3.8, 4) is 0 Å². The monoisotopic (exact) mass is 235 g/mol. The lowest BCUT2D eigenvalue weighted by molar-refractivity contribution is 0.0949. The SMILES string of the molecule is CCCc1ccc(C(=O)CC(N)COC)cc1. The van der Waals surface area contributed by atoms with Crippen molar-refractivity contribution < 1.29 is 9.53 Å².